The molecule has 1 aromatic rings. The van der Waals surface area contributed by atoms with E-state index < -0.39 is 23.4 Å². The molecule has 1 rings (SSSR count). The molecule has 0 aliphatic rings. The van der Waals surface area contributed by atoms with Crippen molar-refractivity contribution in [3.8, 4) is 5.75 Å². The molecule has 1 aromatic carbocycles. The standard InChI is InChI=1S/C9H6BrClF4O/c10-8(9(13,14)15)4-16-5-1-2-7(12)6(11)3-5/h1-3,8H,4H2. The zero-order valence-corrected chi connectivity index (χ0v) is 10.0. The van der Waals surface area contributed by atoms with Crippen molar-refractivity contribution in [2.24, 2.45) is 0 Å². The van der Waals surface area contributed by atoms with Crippen LogP contribution in [0.3, 0.4) is 0 Å². The Bertz CT molecular complexity index is 369. The largest absolute Gasteiger partial charge is 0.492 e. The molecule has 0 aromatic heterocycles. The van der Waals surface area contributed by atoms with Gasteiger partial charge in [0, 0.05) is 6.07 Å². The van der Waals surface area contributed by atoms with Crippen molar-refractivity contribution >= 4 is 27.5 Å². The molecule has 0 N–H and O–H groups in total. The first-order valence-corrected chi connectivity index (χ1v) is 5.38. The van der Waals surface area contributed by atoms with Crippen LogP contribution in [0.1, 0.15) is 0 Å². The average Bonchev–Trinajstić information content (AvgIpc) is 2.18. The lowest BCUT2D eigenvalue weighted by Gasteiger charge is -2.14. The highest BCUT2D eigenvalue weighted by Gasteiger charge is 2.38. The third kappa shape index (κ3) is 3.83. The molecule has 0 heterocycles. The third-order valence-corrected chi connectivity index (χ3v) is 2.72. The summed E-state index contributed by atoms with van der Waals surface area (Å²) in [4.78, 5) is -1.77. The van der Waals surface area contributed by atoms with Gasteiger partial charge in [0.2, 0.25) is 0 Å². The van der Waals surface area contributed by atoms with Gasteiger partial charge >= 0.3 is 6.18 Å². The van der Waals surface area contributed by atoms with Crippen LogP contribution in [-0.2, 0) is 0 Å². The van der Waals surface area contributed by atoms with Crippen LogP contribution < -0.4 is 4.74 Å². The summed E-state index contributed by atoms with van der Waals surface area (Å²) in [5.41, 5.74) is 0. The fourth-order valence-electron chi connectivity index (χ4n) is 0.831. The van der Waals surface area contributed by atoms with Gasteiger partial charge in [0.05, 0.1) is 5.02 Å². The molecule has 90 valence electrons. The van der Waals surface area contributed by atoms with Gasteiger partial charge in [-0.15, -0.1) is 0 Å². The van der Waals surface area contributed by atoms with Gasteiger partial charge in [-0.1, -0.05) is 27.5 Å². The minimum Gasteiger partial charge on any atom is -0.492 e. The van der Waals surface area contributed by atoms with Crippen molar-refractivity contribution in [3.05, 3.63) is 29.0 Å². The van der Waals surface area contributed by atoms with Crippen molar-refractivity contribution in [1.82, 2.24) is 0 Å². The molecule has 0 fully saturated rings. The number of hydrogen-bond donors (Lipinski definition) is 0. The van der Waals surface area contributed by atoms with Crippen LogP contribution in [0.15, 0.2) is 18.2 Å². The molecular weight excluding hydrogens is 315 g/mol. The number of halogens is 6. The van der Waals surface area contributed by atoms with E-state index in [0.717, 1.165) is 12.1 Å². The lowest BCUT2D eigenvalue weighted by molar-refractivity contribution is -0.132. The predicted molar refractivity (Wildman–Crippen MR) is 55.7 cm³/mol. The highest BCUT2D eigenvalue weighted by molar-refractivity contribution is 9.09. The molecule has 0 saturated heterocycles. The average molecular weight is 321 g/mol. The Morgan fingerprint density at radius 2 is 2.00 bits per heavy atom. The summed E-state index contributed by atoms with van der Waals surface area (Å²) in [5, 5.41) is -0.198. The predicted octanol–water partition coefficient (Wildman–Crippen LogP) is 4.18. The number of hydrogen-bond acceptors (Lipinski definition) is 1. The maximum Gasteiger partial charge on any atom is 0.404 e. The van der Waals surface area contributed by atoms with E-state index in [4.69, 9.17) is 16.3 Å². The van der Waals surface area contributed by atoms with E-state index in [1.165, 1.54) is 6.07 Å². The van der Waals surface area contributed by atoms with Gasteiger partial charge in [0.25, 0.3) is 0 Å². The number of benzene rings is 1. The summed E-state index contributed by atoms with van der Waals surface area (Å²) < 4.78 is 53.8. The Morgan fingerprint density at radius 1 is 1.38 bits per heavy atom. The van der Waals surface area contributed by atoms with Gasteiger partial charge in [-0.3, -0.25) is 0 Å². The maximum atomic E-state index is 12.7. The lowest BCUT2D eigenvalue weighted by Crippen LogP contribution is -2.28. The van der Waals surface area contributed by atoms with Crippen molar-refractivity contribution in [2.45, 2.75) is 11.0 Å². The van der Waals surface area contributed by atoms with E-state index in [9.17, 15) is 17.6 Å². The lowest BCUT2D eigenvalue weighted by atomic mass is 10.3. The first-order valence-electron chi connectivity index (χ1n) is 4.09. The topological polar surface area (TPSA) is 9.23 Å². The van der Waals surface area contributed by atoms with Crippen LogP contribution in [0.4, 0.5) is 17.6 Å². The second-order valence-electron chi connectivity index (χ2n) is 2.90. The molecule has 0 saturated carbocycles. The minimum atomic E-state index is -4.39. The first kappa shape index (κ1) is 13.6. The molecular formula is C9H6BrClF4O. The normalized spacial score (nSPS) is 13.6. The highest BCUT2D eigenvalue weighted by atomic mass is 79.9. The Kier molecular flexibility index (Phi) is 4.43. The highest BCUT2D eigenvalue weighted by Crippen LogP contribution is 2.28. The van der Waals surface area contributed by atoms with Gasteiger partial charge in [-0.25, -0.2) is 4.39 Å². The van der Waals surface area contributed by atoms with Crippen molar-refractivity contribution < 1.29 is 22.3 Å². The van der Waals surface area contributed by atoms with E-state index >= 15 is 0 Å². The molecule has 0 radical (unpaired) electrons. The Morgan fingerprint density at radius 3 is 2.50 bits per heavy atom. The molecule has 0 spiro atoms. The Labute approximate surface area is 102 Å². The van der Waals surface area contributed by atoms with Crippen LogP contribution >= 0.6 is 27.5 Å². The van der Waals surface area contributed by atoms with E-state index in [-0.39, 0.29) is 10.8 Å². The van der Waals surface area contributed by atoms with Crippen LogP contribution in [0.2, 0.25) is 5.02 Å². The number of ether oxygens (including phenoxy) is 1. The van der Waals surface area contributed by atoms with Gasteiger partial charge in [-0.05, 0) is 12.1 Å². The molecule has 0 bridgehead atoms. The van der Waals surface area contributed by atoms with Crippen LogP contribution in [-0.4, -0.2) is 17.6 Å². The van der Waals surface area contributed by atoms with Crippen molar-refractivity contribution in [2.75, 3.05) is 6.61 Å². The fourth-order valence-corrected chi connectivity index (χ4v) is 1.13. The van der Waals surface area contributed by atoms with Crippen LogP contribution in [0.25, 0.3) is 0 Å². The van der Waals surface area contributed by atoms with Gasteiger partial charge in [-0.2, -0.15) is 13.2 Å². The number of rotatable bonds is 3. The van der Waals surface area contributed by atoms with Crippen molar-refractivity contribution in [1.29, 1.82) is 0 Å². The zero-order valence-electron chi connectivity index (χ0n) is 7.69. The molecule has 7 heteroatoms. The number of alkyl halides is 4. The van der Waals surface area contributed by atoms with Gasteiger partial charge < -0.3 is 4.74 Å². The quantitative estimate of drug-likeness (QED) is 0.599. The third-order valence-electron chi connectivity index (χ3n) is 1.64. The molecule has 16 heavy (non-hydrogen) atoms. The molecule has 1 atom stereocenters. The second kappa shape index (κ2) is 5.23. The molecule has 1 unspecified atom stereocenters. The van der Waals surface area contributed by atoms with E-state index in [2.05, 4.69) is 15.9 Å². The zero-order chi connectivity index (χ0) is 12.3. The van der Waals surface area contributed by atoms with Gasteiger partial charge in [0.1, 0.15) is 23.0 Å². The molecule has 0 amide bonds. The van der Waals surface area contributed by atoms with Crippen molar-refractivity contribution in [3.63, 3.8) is 0 Å². The summed E-state index contributed by atoms with van der Waals surface area (Å²) in [6, 6.07) is 3.35. The van der Waals surface area contributed by atoms with Gasteiger partial charge in [0.15, 0.2) is 0 Å². The summed E-state index contributed by atoms with van der Waals surface area (Å²) in [5.74, 6) is -0.569. The Hall–Kier alpha value is -0.490. The van der Waals surface area contributed by atoms with E-state index in [0.29, 0.717) is 0 Å². The van der Waals surface area contributed by atoms with Crippen LogP contribution in [0, 0.1) is 5.82 Å². The van der Waals surface area contributed by atoms with E-state index in [1.54, 1.807) is 0 Å². The monoisotopic (exact) mass is 320 g/mol. The smallest absolute Gasteiger partial charge is 0.404 e. The second-order valence-corrected chi connectivity index (χ2v) is 4.41. The van der Waals surface area contributed by atoms with E-state index in [1.807, 2.05) is 0 Å². The SMILES string of the molecule is Fc1ccc(OCC(Br)C(F)(F)F)cc1Cl. The molecule has 0 aliphatic heterocycles. The fraction of sp³-hybridized carbons (Fsp3) is 0.333. The minimum absolute atomic E-state index is 0.0834. The summed E-state index contributed by atoms with van der Waals surface area (Å²) in [6.07, 6.45) is -4.39. The maximum absolute atomic E-state index is 12.7. The summed E-state index contributed by atoms with van der Waals surface area (Å²) in [7, 11) is 0. The summed E-state index contributed by atoms with van der Waals surface area (Å²) >= 11 is 7.86. The Balaban J connectivity index is 2.58. The first-order chi connectivity index (χ1) is 7.30. The van der Waals surface area contributed by atoms with Crippen LogP contribution in [0.5, 0.6) is 5.75 Å². The molecule has 0 aliphatic carbocycles. The summed E-state index contributed by atoms with van der Waals surface area (Å²) in [6.45, 7) is -0.606. The molecule has 1 nitrogen and oxygen atoms in total.